The van der Waals surface area contributed by atoms with Crippen LogP contribution >= 0.6 is 22.6 Å². The van der Waals surface area contributed by atoms with E-state index in [1.165, 1.54) is 28.4 Å². The Morgan fingerprint density at radius 3 is 2.10 bits per heavy atom. The Balaban J connectivity index is 1.42. The molecule has 2 heteroatoms. The summed E-state index contributed by atoms with van der Waals surface area (Å²) in [6.07, 6.45) is 9.13. The van der Waals surface area contributed by atoms with E-state index in [0.29, 0.717) is 11.5 Å². The normalized spacial score (nSPS) is 38.7. The molecule has 5 rings (SSSR count). The van der Waals surface area contributed by atoms with Crippen molar-refractivity contribution in [2.24, 2.45) is 23.2 Å². The molecule has 0 spiro atoms. The number of halogens is 1. The maximum absolute atomic E-state index is 3.87. The highest BCUT2D eigenvalue weighted by Crippen LogP contribution is 2.61. The lowest BCUT2D eigenvalue weighted by Crippen LogP contribution is -2.54. The first-order chi connectivity index (χ1) is 10.1. The molecule has 1 nitrogen and oxygen atoms in total. The Morgan fingerprint density at radius 2 is 1.57 bits per heavy atom. The third-order valence-corrected chi connectivity index (χ3v) is 7.25. The maximum Gasteiger partial charge on any atom is 0.0208 e. The Morgan fingerprint density at radius 1 is 1.05 bits per heavy atom. The van der Waals surface area contributed by atoms with Gasteiger partial charge in [-0.05, 0) is 109 Å². The standard InChI is InChI=1S/C19H26IN/c1-13(21-12-14-2-4-18(20)5-3-14)19-9-15-6-16(10-19)8-17(7-15)11-19/h2-5,13,15-17,21H,6-12H2,1H3. The van der Waals surface area contributed by atoms with E-state index in [9.17, 15) is 0 Å². The van der Waals surface area contributed by atoms with Gasteiger partial charge in [-0.25, -0.2) is 0 Å². The number of hydrogen-bond donors (Lipinski definition) is 1. The zero-order chi connectivity index (χ0) is 14.4. The fourth-order valence-electron chi connectivity index (χ4n) is 5.80. The largest absolute Gasteiger partial charge is 0.310 e. The molecule has 1 N–H and O–H groups in total. The number of benzene rings is 1. The summed E-state index contributed by atoms with van der Waals surface area (Å²) in [5, 5.41) is 3.87. The van der Waals surface area contributed by atoms with Gasteiger partial charge in [-0.3, -0.25) is 0 Å². The average molecular weight is 395 g/mol. The summed E-state index contributed by atoms with van der Waals surface area (Å²) < 4.78 is 1.32. The van der Waals surface area contributed by atoms with Gasteiger partial charge >= 0.3 is 0 Å². The van der Waals surface area contributed by atoms with Crippen molar-refractivity contribution in [1.82, 2.24) is 5.32 Å². The van der Waals surface area contributed by atoms with E-state index in [2.05, 4.69) is 59.1 Å². The quantitative estimate of drug-likeness (QED) is 0.709. The highest BCUT2D eigenvalue weighted by atomic mass is 127. The Hall–Kier alpha value is -0.0900. The number of rotatable bonds is 4. The summed E-state index contributed by atoms with van der Waals surface area (Å²) in [6.45, 7) is 3.49. The second-order valence-electron chi connectivity index (χ2n) is 8.01. The molecule has 1 unspecified atom stereocenters. The van der Waals surface area contributed by atoms with Gasteiger partial charge < -0.3 is 5.32 Å². The third kappa shape index (κ3) is 2.78. The van der Waals surface area contributed by atoms with E-state index in [1.807, 2.05) is 0 Å². The molecule has 1 aromatic carbocycles. The predicted octanol–water partition coefficient (Wildman–Crippen LogP) is 4.99. The lowest BCUT2D eigenvalue weighted by Gasteiger charge is -2.59. The van der Waals surface area contributed by atoms with Gasteiger partial charge in [0.15, 0.2) is 0 Å². The molecule has 0 amide bonds. The third-order valence-electron chi connectivity index (χ3n) is 6.53. The van der Waals surface area contributed by atoms with Gasteiger partial charge in [0.25, 0.3) is 0 Å². The molecule has 1 aromatic rings. The van der Waals surface area contributed by atoms with Crippen molar-refractivity contribution >= 4 is 22.6 Å². The second-order valence-corrected chi connectivity index (χ2v) is 9.25. The first kappa shape index (κ1) is 14.5. The highest BCUT2D eigenvalue weighted by Gasteiger charge is 2.52. The minimum Gasteiger partial charge on any atom is -0.310 e. The van der Waals surface area contributed by atoms with Crippen molar-refractivity contribution < 1.29 is 0 Å². The average Bonchev–Trinajstić information content (AvgIpc) is 2.45. The zero-order valence-corrected chi connectivity index (χ0v) is 15.1. The van der Waals surface area contributed by atoms with Crippen LogP contribution < -0.4 is 5.32 Å². The summed E-state index contributed by atoms with van der Waals surface area (Å²) in [6, 6.07) is 9.63. The van der Waals surface area contributed by atoms with Gasteiger partial charge in [-0.15, -0.1) is 0 Å². The molecule has 0 aliphatic heterocycles. The van der Waals surface area contributed by atoms with Crippen LogP contribution in [0.4, 0.5) is 0 Å². The van der Waals surface area contributed by atoms with Crippen LogP contribution in [0.5, 0.6) is 0 Å². The van der Waals surface area contributed by atoms with Crippen LogP contribution in [-0.4, -0.2) is 6.04 Å². The highest BCUT2D eigenvalue weighted by molar-refractivity contribution is 14.1. The summed E-state index contributed by atoms with van der Waals surface area (Å²) in [5.74, 6) is 3.16. The molecule has 4 fully saturated rings. The van der Waals surface area contributed by atoms with Crippen LogP contribution in [0, 0.1) is 26.7 Å². The summed E-state index contributed by atoms with van der Waals surface area (Å²) in [4.78, 5) is 0. The topological polar surface area (TPSA) is 12.0 Å². The molecule has 0 aromatic heterocycles. The molecule has 21 heavy (non-hydrogen) atoms. The molecule has 4 aliphatic rings. The fourth-order valence-corrected chi connectivity index (χ4v) is 6.16. The lowest BCUT2D eigenvalue weighted by atomic mass is 9.48. The summed E-state index contributed by atoms with van der Waals surface area (Å²) in [5.41, 5.74) is 2.05. The molecule has 4 bridgehead atoms. The van der Waals surface area contributed by atoms with E-state index < -0.39 is 0 Å². The molecular weight excluding hydrogens is 369 g/mol. The van der Waals surface area contributed by atoms with Crippen molar-refractivity contribution in [2.75, 3.05) is 0 Å². The van der Waals surface area contributed by atoms with E-state index in [4.69, 9.17) is 0 Å². The van der Waals surface area contributed by atoms with Crippen molar-refractivity contribution in [2.45, 2.75) is 58.0 Å². The van der Waals surface area contributed by atoms with Gasteiger partial charge in [0.1, 0.15) is 0 Å². The Labute approximate surface area is 142 Å². The van der Waals surface area contributed by atoms with Crippen molar-refractivity contribution in [3.63, 3.8) is 0 Å². The first-order valence-electron chi connectivity index (χ1n) is 8.61. The van der Waals surface area contributed by atoms with Gasteiger partial charge in [-0.1, -0.05) is 12.1 Å². The van der Waals surface area contributed by atoms with Crippen LogP contribution in [0.25, 0.3) is 0 Å². The summed E-state index contributed by atoms with van der Waals surface area (Å²) in [7, 11) is 0. The van der Waals surface area contributed by atoms with Crippen LogP contribution in [0.1, 0.15) is 51.0 Å². The maximum atomic E-state index is 3.87. The Bertz CT molecular complexity index is 472. The van der Waals surface area contributed by atoms with Crippen LogP contribution in [0.2, 0.25) is 0 Å². The minimum atomic E-state index is 0.623. The van der Waals surface area contributed by atoms with E-state index in [-0.39, 0.29) is 0 Å². The van der Waals surface area contributed by atoms with E-state index >= 15 is 0 Å². The predicted molar refractivity (Wildman–Crippen MR) is 96.1 cm³/mol. The molecule has 0 heterocycles. The van der Waals surface area contributed by atoms with Crippen LogP contribution in [0.3, 0.4) is 0 Å². The van der Waals surface area contributed by atoms with Gasteiger partial charge in [0.2, 0.25) is 0 Å². The molecular formula is C19H26IN. The SMILES string of the molecule is CC(NCc1ccc(I)cc1)C12CC3CC(CC(C3)C1)C2. The molecule has 4 saturated carbocycles. The smallest absolute Gasteiger partial charge is 0.0208 e. The van der Waals surface area contributed by atoms with Gasteiger partial charge in [0.05, 0.1) is 0 Å². The minimum absolute atomic E-state index is 0.623. The fraction of sp³-hybridized carbons (Fsp3) is 0.684. The van der Waals surface area contributed by atoms with Crippen molar-refractivity contribution in [3.8, 4) is 0 Å². The number of hydrogen-bond acceptors (Lipinski definition) is 1. The Kier molecular flexibility index (Phi) is 3.81. The molecule has 114 valence electrons. The van der Waals surface area contributed by atoms with E-state index in [1.54, 1.807) is 19.3 Å². The van der Waals surface area contributed by atoms with Crippen molar-refractivity contribution in [3.05, 3.63) is 33.4 Å². The van der Waals surface area contributed by atoms with Gasteiger partial charge in [-0.2, -0.15) is 0 Å². The molecule has 1 atom stereocenters. The van der Waals surface area contributed by atoms with Gasteiger partial charge in [0, 0.05) is 16.2 Å². The molecule has 0 saturated heterocycles. The van der Waals surface area contributed by atoms with Crippen molar-refractivity contribution in [1.29, 1.82) is 0 Å². The van der Waals surface area contributed by atoms with Crippen LogP contribution in [-0.2, 0) is 6.54 Å². The zero-order valence-electron chi connectivity index (χ0n) is 12.9. The summed E-state index contributed by atoms with van der Waals surface area (Å²) >= 11 is 2.38. The molecule has 4 aliphatic carbocycles. The lowest BCUT2D eigenvalue weighted by molar-refractivity contribution is -0.0706. The van der Waals surface area contributed by atoms with Crippen LogP contribution in [0.15, 0.2) is 24.3 Å². The second kappa shape index (κ2) is 5.52. The first-order valence-corrected chi connectivity index (χ1v) is 9.69. The number of nitrogens with one attached hydrogen (secondary N) is 1. The molecule has 0 radical (unpaired) electrons. The monoisotopic (exact) mass is 395 g/mol. The van der Waals surface area contributed by atoms with E-state index in [0.717, 1.165) is 24.3 Å².